The molecule has 0 radical (unpaired) electrons. The van der Waals surface area contributed by atoms with E-state index < -0.39 is 0 Å². The van der Waals surface area contributed by atoms with Crippen LogP contribution < -0.4 is 4.74 Å². The second kappa shape index (κ2) is 9.39. The molecular formula is C24H33FN4O2. The zero-order valence-corrected chi connectivity index (χ0v) is 18.6. The number of likely N-dealkylation sites (tertiary alicyclic amines) is 2. The average Bonchev–Trinajstić information content (AvgIpc) is 3.40. The molecule has 2 saturated heterocycles. The molecule has 1 amide bonds. The maximum absolute atomic E-state index is 14.3. The van der Waals surface area contributed by atoms with E-state index in [1.165, 1.54) is 6.07 Å². The number of aromatic nitrogens is 2. The predicted octanol–water partition coefficient (Wildman–Crippen LogP) is 3.50. The Labute approximate surface area is 184 Å². The van der Waals surface area contributed by atoms with Crippen LogP contribution in [0.3, 0.4) is 0 Å². The molecule has 0 saturated carbocycles. The number of piperidine rings is 1. The third kappa shape index (κ3) is 4.92. The Morgan fingerprint density at radius 2 is 2.13 bits per heavy atom. The molecule has 1 spiro atoms. The lowest BCUT2D eigenvalue weighted by molar-refractivity contribution is -0.131. The second-order valence-corrected chi connectivity index (χ2v) is 8.98. The third-order valence-corrected chi connectivity index (χ3v) is 6.86. The topological polar surface area (TPSA) is 50.6 Å². The highest BCUT2D eigenvalue weighted by atomic mass is 19.1. The van der Waals surface area contributed by atoms with Crippen molar-refractivity contribution in [3.63, 3.8) is 0 Å². The number of carbonyl (C=O) groups excluding carboxylic acids is 1. The van der Waals surface area contributed by atoms with Gasteiger partial charge < -0.3 is 14.2 Å². The van der Waals surface area contributed by atoms with Gasteiger partial charge in [0.15, 0.2) is 0 Å². The Hall–Kier alpha value is -2.41. The second-order valence-electron chi connectivity index (χ2n) is 8.98. The first-order valence-corrected chi connectivity index (χ1v) is 11.3. The Bertz CT molecular complexity index is 915. The van der Waals surface area contributed by atoms with Crippen molar-refractivity contribution in [2.75, 3.05) is 33.3 Å². The Kier molecular flexibility index (Phi) is 6.60. The number of halogens is 1. The van der Waals surface area contributed by atoms with E-state index in [2.05, 4.69) is 21.4 Å². The number of carbonyl (C=O) groups is 1. The molecule has 1 aromatic carbocycles. The van der Waals surface area contributed by atoms with Crippen LogP contribution in [-0.4, -0.2) is 58.5 Å². The summed E-state index contributed by atoms with van der Waals surface area (Å²) in [4.78, 5) is 21.6. The van der Waals surface area contributed by atoms with E-state index in [4.69, 9.17) is 4.74 Å². The average molecular weight is 429 g/mol. The van der Waals surface area contributed by atoms with E-state index in [0.29, 0.717) is 30.8 Å². The quantitative estimate of drug-likeness (QED) is 0.677. The van der Waals surface area contributed by atoms with E-state index >= 15 is 0 Å². The summed E-state index contributed by atoms with van der Waals surface area (Å²) in [6.07, 6.45) is 8.39. The van der Waals surface area contributed by atoms with Crippen molar-refractivity contribution in [1.29, 1.82) is 0 Å². The van der Waals surface area contributed by atoms with Crippen molar-refractivity contribution in [2.45, 2.75) is 52.1 Å². The van der Waals surface area contributed by atoms with Crippen LogP contribution in [0.1, 0.15) is 44.0 Å². The number of aryl methyl sites for hydroxylation is 2. The molecule has 6 nitrogen and oxygen atoms in total. The first kappa shape index (κ1) is 21.8. The third-order valence-electron chi connectivity index (χ3n) is 6.86. The number of benzene rings is 1. The summed E-state index contributed by atoms with van der Waals surface area (Å²) in [6.45, 7) is 6.86. The molecule has 4 rings (SSSR count). The zero-order valence-electron chi connectivity index (χ0n) is 18.6. The Morgan fingerprint density at radius 1 is 1.26 bits per heavy atom. The first-order chi connectivity index (χ1) is 15.0. The number of hydrogen-bond donors (Lipinski definition) is 0. The monoisotopic (exact) mass is 428 g/mol. The van der Waals surface area contributed by atoms with Crippen LogP contribution in [0.4, 0.5) is 4.39 Å². The van der Waals surface area contributed by atoms with Crippen LogP contribution in [0.25, 0.3) is 0 Å². The number of methoxy groups -OCH3 is 1. The number of nitrogens with zero attached hydrogens (tertiary/aromatic N) is 4. The first-order valence-electron chi connectivity index (χ1n) is 11.3. The standard InChI is InChI=1S/C24H33FN4O2/c1-3-22-26-10-14-28(22)12-7-23(30)29-13-9-24(18-29)8-4-11-27(17-24)16-19-15-20(31-2)5-6-21(19)25/h5-6,10,14-15H,3-4,7-9,11-13,16-18H2,1-2H3/t24-/m1/s1. The SMILES string of the molecule is CCc1nccn1CCC(=O)N1CC[C@@]2(CCCN(Cc3cc(OC)ccc3F)C2)C1. The lowest BCUT2D eigenvalue weighted by atomic mass is 9.79. The molecule has 0 aliphatic carbocycles. The molecule has 2 aliphatic rings. The molecule has 1 atom stereocenters. The van der Waals surface area contributed by atoms with E-state index in [0.717, 1.165) is 57.7 Å². The minimum atomic E-state index is -0.186. The van der Waals surface area contributed by atoms with Crippen LogP contribution in [0.5, 0.6) is 5.75 Å². The Balaban J connectivity index is 1.34. The zero-order chi connectivity index (χ0) is 21.8. The minimum Gasteiger partial charge on any atom is -0.497 e. The molecule has 1 aromatic heterocycles. The number of hydrogen-bond acceptors (Lipinski definition) is 4. The molecule has 0 N–H and O–H groups in total. The van der Waals surface area contributed by atoms with Crippen molar-refractivity contribution in [3.8, 4) is 5.75 Å². The van der Waals surface area contributed by atoms with Crippen molar-refractivity contribution in [2.24, 2.45) is 5.41 Å². The van der Waals surface area contributed by atoms with E-state index in [-0.39, 0.29) is 17.1 Å². The number of imidazole rings is 1. The fourth-order valence-electron chi connectivity index (χ4n) is 5.20. The van der Waals surface area contributed by atoms with Crippen LogP contribution in [0.15, 0.2) is 30.6 Å². The van der Waals surface area contributed by atoms with E-state index in [9.17, 15) is 9.18 Å². The van der Waals surface area contributed by atoms with Gasteiger partial charge in [0, 0.05) is 68.9 Å². The summed E-state index contributed by atoms with van der Waals surface area (Å²) >= 11 is 0. The maximum Gasteiger partial charge on any atom is 0.224 e. The molecule has 2 aromatic rings. The van der Waals surface area contributed by atoms with Gasteiger partial charge in [0.25, 0.3) is 0 Å². The van der Waals surface area contributed by atoms with Crippen LogP contribution in [-0.2, 0) is 24.3 Å². The van der Waals surface area contributed by atoms with Crippen molar-refractivity contribution in [1.82, 2.24) is 19.4 Å². The molecule has 0 unspecified atom stereocenters. The van der Waals surface area contributed by atoms with Gasteiger partial charge in [0.1, 0.15) is 17.4 Å². The number of rotatable bonds is 7. The summed E-state index contributed by atoms with van der Waals surface area (Å²) in [5, 5.41) is 0. The summed E-state index contributed by atoms with van der Waals surface area (Å²) < 4.78 is 21.7. The van der Waals surface area contributed by atoms with Gasteiger partial charge in [-0.15, -0.1) is 0 Å². The van der Waals surface area contributed by atoms with Crippen molar-refractivity contribution >= 4 is 5.91 Å². The molecule has 3 heterocycles. The van der Waals surface area contributed by atoms with Gasteiger partial charge in [0.05, 0.1) is 7.11 Å². The summed E-state index contributed by atoms with van der Waals surface area (Å²) in [5.41, 5.74) is 0.807. The fourth-order valence-corrected chi connectivity index (χ4v) is 5.20. The van der Waals surface area contributed by atoms with Gasteiger partial charge >= 0.3 is 0 Å². The lowest BCUT2D eigenvalue weighted by Crippen LogP contribution is -2.45. The van der Waals surface area contributed by atoms with Crippen LogP contribution in [0, 0.1) is 11.2 Å². The molecule has 168 valence electrons. The summed E-state index contributed by atoms with van der Waals surface area (Å²) in [5.74, 6) is 1.75. The molecule has 2 fully saturated rings. The fraction of sp³-hybridized carbons (Fsp3) is 0.583. The van der Waals surface area contributed by atoms with Crippen LogP contribution >= 0.6 is 0 Å². The van der Waals surface area contributed by atoms with Gasteiger partial charge in [-0.2, -0.15) is 0 Å². The molecule has 0 bridgehead atoms. The minimum absolute atomic E-state index is 0.132. The lowest BCUT2D eigenvalue weighted by Gasteiger charge is -2.40. The summed E-state index contributed by atoms with van der Waals surface area (Å²) in [6, 6.07) is 4.93. The largest absolute Gasteiger partial charge is 0.497 e. The molecule has 7 heteroatoms. The van der Waals surface area contributed by atoms with E-state index in [1.54, 1.807) is 25.4 Å². The normalized spacial score (nSPS) is 21.7. The van der Waals surface area contributed by atoms with Crippen molar-refractivity contribution in [3.05, 3.63) is 47.8 Å². The van der Waals surface area contributed by atoms with Crippen molar-refractivity contribution < 1.29 is 13.9 Å². The smallest absolute Gasteiger partial charge is 0.224 e. The van der Waals surface area contributed by atoms with Gasteiger partial charge in [-0.1, -0.05) is 6.92 Å². The molecule has 2 aliphatic heterocycles. The molecule has 31 heavy (non-hydrogen) atoms. The maximum atomic E-state index is 14.3. The number of ether oxygens (including phenoxy) is 1. The molecular weight excluding hydrogens is 395 g/mol. The van der Waals surface area contributed by atoms with E-state index in [1.807, 2.05) is 11.1 Å². The summed E-state index contributed by atoms with van der Waals surface area (Å²) in [7, 11) is 1.60. The van der Waals surface area contributed by atoms with Gasteiger partial charge in [-0.3, -0.25) is 9.69 Å². The Morgan fingerprint density at radius 3 is 2.94 bits per heavy atom. The highest BCUT2D eigenvalue weighted by Gasteiger charge is 2.42. The number of amides is 1. The van der Waals surface area contributed by atoms with Gasteiger partial charge in [-0.25, -0.2) is 9.37 Å². The van der Waals surface area contributed by atoms with Gasteiger partial charge in [-0.05, 0) is 44.0 Å². The predicted molar refractivity (Wildman–Crippen MR) is 117 cm³/mol. The highest BCUT2D eigenvalue weighted by Crippen LogP contribution is 2.39. The van der Waals surface area contributed by atoms with Crippen LogP contribution in [0.2, 0.25) is 0 Å². The van der Waals surface area contributed by atoms with Gasteiger partial charge in [0.2, 0.25) is 5.91 Å². The highest BCUT2D eigenvalue weighted by molar-refractivity contribution is 5.76.